The monoisotopic (exact) mass is 225 g/mol. The molecule has 1 atom stereocenters. The minimum atomic E-state index is 0.0491. The summed E-state index contributed by atoms with van der Waals surface area (Å²) in [6, 6.07) is 0.336. The first-order valence-corrected chi connectivity index (χ1v) is 5.73. The molecule has 0 bridgehead atoms. The van der Waals surface area contributed by atoms with Crippen molar-refractivity contribution in [1.82, 2.24) is 14.5 Å². The fourth-order valence-corrected chi connectivity index (χ4v) is 2.10. The first-order chi connectivity index (χ1) is 7.81. The second-order valence-electron chi connectivity index (χ2n) is 4.21. The largest absolute Gasteiger partial charge is 0.390 e. The third-order valence-electron chi connectivity index (χ3n) is 3.01. The molecule has 1 aliphatic heterocycles. The third-order valence-corrected chi connectivity index (χ3v) is 3.01. The van der Waals surface area contributed by atoms with Crippen molar-refractivity contribution in [1.29, 1.82) is 0 Å². The Kier molecular flexibility index (Phi) is 3.93. The molecule has 1 aliphatic rings. The van der Waals surface area contributed by atoms with Gasteiger partial charge in [-0.1, -0.05) is 0 Å². The number of imidazole rings is 1. The molecule has 0 amide bonds. The molecule has 0 aliphatic carbocycles. The molecular formula is C11H19N3O2. The topological polar surface area (TPSA) is 50.5 Å². The van der Waals surface area contributed by atoms with Crippen LogP contribution in [0.15, 0.2) is 12.5 Å². The molecule has 1 unspecified atom stereocenters. The van der Waals surface area contributed by atoms with E-state index in [9.17, 15) is 0 Å². The molecule has 5 nitrogen and oxygen atoms in total. The summed E-state index contributed by atoms with van der Waals surface area (Å²) in [5.41, 5.74) is 0.876. The lowest BCUT2D eigenvalue weighted by Crippen LogP contribution is -2.39. The maximum absolute atomic E-state index is 9.17. The molecule has 0 spiro atoms. The molecule has 2 rings (SSSR count). The van der Waals surface area contributed by atoms with Gasteiger partial charge in [-0.2, -0.15) is 0 Å². The number of rotatable bonds is 4. The quantitative estimate of drug-likeness (QED) is 0.799. The molecule has 1 aromatic heterocycles. The minimum absolute atomic E-state index is 0.0491. The van der Waals surface area contributed by atoms with E-state index in [0.717, 1.165) is 38.5 Å². The van der Waals surface area contributed by atoms with E-state index in [1.165, 1.54) is 0 Å². The van der Waals surface area contributed by atoms with E-state index in [4.69, 9.17) is 9.84 Å². The van der Waals surface area contributed by atoms with E-state index in [1.54, 1.807) is 12.5 Å². The van der Waals surface area contributed by atoms with E-state index in [1.807, 2.05) is 4.57 Å². The third kappa shape index (κ3) is 2.61. The van der Waals surface area contributed by atoms with Crippen LogP contribution in [0.25, 0.3) is 0 Å². The maximum atomic E-state index is 9.17. The predicted octanol–water partition coefficient (Wildman–Crippen LogP) is 0.269. The van der Waals surface area contributed by atoms with Crippen LogP contribution in [0.5, 0.6) is 0 Å². The number of ether oxygens (including phenoxy) is 1. The van der Waals surface area contributed by atoms with Gasteiger partial charge < -0.3 is 14.4 Å². The predicted molar refractivity (Wildman–Crippen MR) is 60.1 cm³/mol. The molecule has 1 saturated heterocycles. The van der Waals surface area contributed by atoms with E-state index < -0.39 is 0 Å². The van der Waals surface area contributed by atoms with Crippen molar-refractivity contribution in [2.24, 2.45) is 0 Å². The van der Waals surface area contributed by atoms with Gasteiger partial charge in [0.1, 0.15) is 0 Å². The highest BCUT2D eigenvalue weighted by Gasteiger charge is 2.15. The summed E-state index contributed by atoms with van der Waals surface area (Å²) in [4.78, 5) is 6.45. The second kappa shape index (κ2) is 5.43. The van der Waals surface area contributed by atoms with E-state index in [-0.39, 0.29) is 6.61 Å². The number of aliphatic hydroxyl groups excluding tert-OH is 1. The summed E-state index contributed by atoms with van der Waals surface area (Å²) in [6.07, 6.45) is 3.51. The average Bonchev–Trinajstić information content (AvgIpc) is 2.78. The molecule has 0 radical (unpaired) electrons. The van der Waals surface area contributed by atoms with Crippen LogP contribution in [0.4, 0.5) is 0 Å². The summed E-state index contributed by atoms with van der Waals surface area (Å²) in [6.45, 7) is 6.81. The van der Waals surface area contributed by atoms with Gasteiger partial charge in [0.15, 0.2) is 0 Å². The van der Waals surface area contributed by atoms with Crippen molar-refractivity contribution < 1.29 is 9.84 Å². The van der Waals surface area contributed by atoms with Gasteiger partial charge in [0.05, 0.1) is 38.0 Å². The van der Waals surface area contributed by atoms with Crippen LogP contribution in [0.1, 0.15) is 18.7 Å². The summed E-state index contributed by atoms with van der Waals surface area (Å²) in [5, 5.41) is 9.17. The van der Waals surface area contributed by atoms with Gasteiger partial charge in [0.2, 0.25) is 0 Å². The standard InChI is InChI=1S/C11H19N3O2/c1-10(7-13-2-4-16-5-3-13)14-9-12-6-11(14)8-15/h6,9-10,15H,2-5,7-8H2,1H3. The Bertz CT molecular complexity index is 321. The Balaban J connectivity index is 1.93. The highest BCUT2D eigenvalue weighted by atomic mass is 16.5. The van der Waals surface area contributed by atoms with E-state index in [2.05, 4.69) is 16.8 Å². The van der Waals surface area contributed by atoms with Gasteiger partial charge in [-0.3, -0.25) is 4.90 Å². The fraction of sp³-hybridized carbons (Fsp3) is 0.727. The second-order valence-corrected chi connectivity index (χ2v) is 4.21. The molecule has 1 aromatic rings. The Morgan fingerprint density at radius 3 is 2.94 bits per heavy atom. The van der Waals surface area contributed by atoms with Crippen LogP contribution >= 0.6 is 0 Å². The lowest BCUT2D eigenvalue weighted by molar-refractivity contribution is 0.0322. The molecule has 0 saturated carbocycles. The average molecular weight is 225 g/mol. The molecule has 1 N–H and O–H groups in total. The van der Waals surface area contributed by atoms with Gasteiger partial charge in [-0.25, -0.2) is 4.98 Å². The van der Waals surface area contributed by atoms with Crippen molar-refractivity contribution in [3.8, 4) is 0 Å². The highest BCUT2D eigenvalue weighted by Crippen LogP contribution is 2.12. The van der Waals surface area contributed by atoms with Crippen LogP contribution in [0.3, 0.4) is 0 Å². The number of nitrogens with zero attached hydrogens (tertiary/aromatic N) is 3. The first-order valence-electron chi connectivity index (χ1n) is 5.73. The van der Waals surface area contributed by atoms with E-state index >= 15 is 0 Å². The van der Waals surface area contributed by atoms with Crippen LogP contribution in [-0.4, -0.2) is 52.4 Å². The van der Waals surface area contributed by atoms with Gasteiger partial charge in [0.25, 0.3) is 0 Å². The zero-order valence-corrected chi connectivity index (χ0v) is 9.67. The normalized spacial score (nSPS) is 19.9. The van der Waals surface area contributed by atoms with Crippen LogP contribution in [0.2, 0.25) is 0 Å². The number of aromatic nitrogens is 2. The molecule has 0 aromatic carbocycles. The van der Waals surface area contributed by atoms with Crippen molar-refractivity contribution >= 4 is 0 Å². The molecule has 5 heteroatoms. The van der Waals surface area contributed by atoms with Crippen LogP contribution < -0.4 is 0 Å². The summed E-state index contributed by atoms with van der Waals surface area (Å²) < 4.78 is 7.35. The lowest BCUT2D eigenvalue weighted by atomic mass is 10.2. The van der Waals surface area contributed by atoms with Gasteiger partial charge in [-0.05, 0) is 6.92 Å². The molecule has 90 valence electrons. The zero-order chi connectivity index (χ0) is 11.4. The van der Waals surface area contributed by atoms with Gasteiger partial charge in [-0.15, -0.1) is 0 Å². The van der Waals surface area contributed by atoms with Crippen molar-refractivity contribution in [2.45, 2.75) is 19.6 Å². The molecule has 16 heavy (non-hydrogen) atoms. The Morgan fingerprint density at radius 1 is 1.50 bits per heavy atom. The molecule has 1 fully saturated rings. The Hall–Kier alpha value is -0.910. The zero-order valence-electron chi connectivity index (χ0n) is 9.67. The van der Waals surface area contributed by atoms with E-state index in [0.29, 0.717) is 6.04 Å². The maximum Gasteiger partial charge on any atom is 0.0951 e. The van der Waals surface area contributed by atoms with Crippen LogP contribution in [0, 0.1) is 0 Å². The number of hydrogen-bond donors (Lipinski definition) is 1. The smallest absolute Gasteiger partial charge is 0.0951 e. The number of hydrogen-bond acceptors (Lipinski definition) is 4. The first kappa shape index (κ1) is 11.6. The summed E-state index contributed by atoms with van der Waals surface area (Å²) in [5.74, 6) is 0. The summed E-state index contributed by atoms with van der Waals surface area (Å²) in [7, 11) is 0. The SMILES string of the molecule is CC(CN1CCOCC1)n1cncc1CO. The van der Waals surface area contributed by atoms with Crippen LogP contribution in [-0.2, 0) is 11.3 Å². The molecular weight excluding hydrogens is 206 g/mol. The lowest BCUT2D eigenvalue weighted by Gasteiger charge is -2.29. The van der Waals surface area contributed by atoms with Crippen molar-refractivity contribution in [3.63, 3.8) is 0 Å². The van der Waals surface area contributed by atoms with Gasteiger partial charge in [0, 0.05) is 25.7 Å². The number of aliphatic hydroxyl groups is 1. The minimum Gasteiger partial charge on any atom is -0.390 e. The van der Waals surface area contributed by atoms with Gasteiger partial charge >= 0.3 is 0 Å². The van der Waals surface area contributed by atoms with Crippen molar-refractivity contribution in [2.75, 3.05) is 32.8 Å². The summed E-state index contributed by atoms with van der Waals surface area (Å²) >= 11 is 0. The molecule has 2 heterocycles. The fourth-order valence-electron chi connectivity index (χ4n) is 2.10. The highest BCUT2D eigenvalue weighted by molar-refractivity contribution is 4.98. The Labute approximate surface area is 95.7 Å². The number of morpholine rings is 1. The van der Waals surface area contributed by atoms with Crippen molar-refractivity contribution in [3.05, 3.63) is 18.2 Å². The Morgan fingerprint density at radius 2 is 2.25 bits per heavy atom.